The summed E-state index contributed by atoms with van der Waals surface area (Å²) in [5.41, 5.74) is 0.0606. The molecule has 0 fully saturated rings. The minimum Gasteiger partial charge on any atom is -0.476 e. The van der Waals surface area contributed by atoms with Gasteiger partial charge < -0.3 is 14.9 Å². The van der Waals surface area contributed by atoms with E-state index in [1.54, 1.807) is 6.92 Å². The second kappa shape index (κ2) is 6.87. The third-order valence-electron chi connectivity index (χ3n) is 3.31. The van der Waals surface area contributed by atoms with Crippen LogP contribution in [0.4, 0.5) is 0 Å². The third-order valence-corrected chi connectivity index (χ3v) is 3.31. The van der Waals surface area contributed by atoms with Crippen molar-refractivity contribution >= 4 is 11.9 Å². The van der Waals surface area contributed by atoms with Crippen molar-refractivity contribution in [3.05, 3.63) is 60.0 Å². The molecule has 0 spiro atoms. The molecule has 2 aromatic heterocycles. The lowest BCUT2D eigenvalue weighted by atomic mass is 10.2. The smallest absolute Gasteiger partial charge is 0.356 e. The molecule has 1 aromatic carbocycles. The summed E-state index contributed by atoms with van der Waals surface area (Å²) in [6, 6.07) is 8.58. The van der Waals surface area contributed by atoms with E-state index in [0.29, 0.717) is 5.82 Å². The molecule has 0 saturated heterocycles. The summed E-state index contributed by atoms with van der Waals surface area (Å²) in [7, 11) is 0. The molecule has 9 nitrogen and oxygen atoms in total. The summed E-state index contributed by atoms with van der Waals surface area (Å²) >= 11 is 0. The van der Waals surface area contributed by atoms with E-state index in [0.717, 1.165) is 5.56 Å². The summed E-state index contributed by atoms with van der Waals surface area (Å²) in [6.45, 7) is 1.64. The van der Waals surface area contributed by atoms with Gasteiger partial charge in [0.05, 0.1) is 0 Å². The SMILES string of the molecule is C[C@H](NC(=O)c1nccnc1C(=O)O)c1nc(-c2ccccc2)no1. The Balaban J connectivity index is 1.77. The molecule has 1 amide bonds. The zero-order valence-electron chi connectivity index (χ0n) is 13.1. The fraction of sp³-hybridized carbons (Fsp3) is 0.125. The monoisotopic (exact) mass is 339 g/mol. The van der Waals surface area contributed by atoms with Crippen molar-refractivity contribution in [1.82, 2.24) is 25.4 Å². The van der Waals surface area contributed by atoms with Gasteiger partial charge in [-0.1, -0.05) is 35.5 Å². The predicted octanol–water partition coefficient (Wildman–Crippen LogP) is 1.72. The molecular formula is C16H13N5O4. The second-order valence-electron chi connectivity index (χ2n) is 5.08. The zero-order valence-corrected chi connectivity index (χ0v) is 13.1. The molecule has 126 valence electrons. The van der Waals surface area contributed by atoms with Crippen molar-refractivity contribution in [1.29, 1.82) is 0 Å². The van der Waals surface area contributed by atoms with E-state index in [4.69, 9.17) is 9.63 Å². The fourth-order valence-electron chi connectivity index (χ4n) is 2.10. The summed E-state index contributed by atoms with van der Waals surface area (Å²) in [6.07, 6.45) is 2.44. The van der Waals surface area contributed by atoms with Crippen molar-refractivity contribution in [2.45, 2.75) is 13.0 Å². The topological polar surface area (TPSA) is 131 Å². The zero-order chi connectivity index (χ0) is 17.8. The highest BCUT2D eigenvalue weighted by atomic mass is 16.5. The van der Waals surface area contributed by atoms with Crippen molar-refractivity contribution < 1.29 is 19.2 Å². The highest BCUT2D eigenvalue weighted by Gasteiger charge is 2.23. The van der Waals surface area contributed by atoms with Gasteiger partial charge >= 0.3 is 5.97 Å². The summed E-state index contributed by atoms with van der Waals surface area (Å²) in [5.74, 6) is -1.46. The first kappa shape index (κ1) is 16.2. The number of aromatic nitrogens is 4. The van der Waals surface area contributed by atoms with E-state index in [-0.39, 0.29) is 11.6 Å². The van der Waals surface area contributed by atoms with E-state index >= 15 is 0 Å². The van der Waals surface area contributed by atoms with Crippen LogP contribution in [0.25, 0.3) is 11.4 Å². The highest BCUT2D eigenvalue weighted by Crippen LogP contribution is 2.18. The normalized spacial score (nSPS) is 11.7. The van der Waals surface area contributed by atoms with Crippen LogP contribution in [0.1, 0.15) is 39.8 Å². The van der Waals surface area contributed by atoms with E-state index in [9.17, 15) is 9.59 Å². The molecule has 2 heterocycles. The van der Waals surface area contributed by atoms with Gasteiger partial charge in [0.15, 0.2) is 11.4 Å². The Morgan fingerprint density at radius 2 is 1.80 bits per heavy atom. The van der Waals surface area contributed by atoms with Crippen molar-refractivity contribution in [2.24, 2.45) is 0 Å². The Bertz CT molecular complexity index is 910. The van der Waals surface area contributed by atoms with Crippen LogP contribution in [0.5, 0.6) is 0 Å². The van der Waals surface area contributed by atoms with Gasteiger partial charge in [-0.15, -0.1) is 0 Å². The quantitative estimate of drug-likeness (QED) is 0.718. The molecule has 0 aliphatic carbocycles. The minimum absolute atomic E-state index is 0.188. The van der Waals surface area contributed by atoms with Crippen LogP contribution in [-0.2, 0) is 0 Å². The molecule has 0 aliphatic rings. The standard InChI is InChI=1S/C16H13N5O4/c1-9(15-20-13(21-25-15)10-5-3-2-4-6-10)19-14(22)11-12(16(23)24)18-8-7-17-11/h2-9H,1H3,(H,19,22)(H,23,24)/t9-/m0/s1. The van der Waals surface area contributed by atoms with Crippen molar-refractivity contribution in [2.75, 3.05) is 0 Å². The molecule has 9 heteroatoms. The van der Waals surface area contributed by atoms with E-state index in [2.05, 4.69) is 25.4 Å². The van der Waals surface area contributed by atoms with Crippen LogP contribution >= 0.6 is 0 Å². The maximum Gasteiger partial charge on any atom is 0.356 e. The van der Waals surface area contributed by atoms with Gasteiger partial charge in [-0.05, 0) is 6.92 Å². The van der Waals surface area contributed by atoms with Crippen LogP contribution in [0.3, 0.4) is 0 Å². The number of nitrogens with zero attached hydrogens (tertiary/aromatic N) is 4. The van der Waals surface area contributed by atoms with Crippen LogP contribution in [0, 0.1) is 0 Å². The number of rotatable bonds is 5. The Morgan fingerprint density at radius 1 is 1.12 bits per heavy atom. The number of hydrogen-bond donors (Lipinski definition) is 2. The first-order valence-electron chi connectivity index (χ1n) is 7.30. The molecule has 0 bridgehead atoms. The number of nitrogens with one attached hydrogen (secondary N) is 1. The maximum atomic E-state index is 12.3. The average Bonchev–Trinajstić information content (AvgIpc) is 3.12. The van der Waals surface area contributed by atoms with Gasteiger partial charge in [-0.2, -0.15) is 4.98 Å². The summed E-state index contributed by atoms with van der Waals surface area (Å²) in [4.78, 5) is 35.0. The Hall–Kier alpha value is -3.62. The van der Waals surface area contributed by atoms with Crippen LogP contribution in [0.15, 0.2) is 47.2 Å². The van der Waals surface area contributed by atoms with Crippen LogP contribution in [0.2, 0.25) is 0 Å². The Kier molecular flexibility index (Phi) is 4.46. The van der Waals surface area contributed by atoms with Gasteiger partial charge in [-0.3, -0.25) is 4.79 Å². The number of carbonyl (C=O) groups excluding carboxylic acids is 1. The van der Waals surface area contributed by atoms with Gasteiger partial charge in [0.2, 0.25) is 11.7 Å². The molecule has 0 saturated carbocycles. The molecule has 25 heavy (non-hydrogen) atoms. The summed E-state index contributed by atoms with van der Waals surface area (Å²) < 4.78 is 5.17. The predicted molar refractivity (Wildman–Crippen MR) is 84.6 cm³/mol. The van der Waals surface area contributed by atoms with Crippen LogP contribution < -0.4 is 5.32 Å². The molecule has 3 aromatic rings. The van der Waals surface area contributed by atoms with Crippen LogP contribution in [-0.4, -0.2) is 37.1 Å². The highest BCUT2D eigenvalue weighted by molar-refractivity contribution is 6.02. The van der Waals surface area contributed by atoms with E-state index in [1.165, 1.54) is 12.4 Å². The van der Waals surface area contributed by atoms with Gasteiger partial charge in [-0.25, -0.2) is 14.8 Å². The lowest BCUT2D eigenvalue weighted by Crippen LogP contribution is -2.29. The van der Waals surface area contributed by atoms with Gasteiger partial charge in [0.1, 0.15) is 6.04 Å². The van der Waals surface area contributed by atoms with Crippen molar-refractivity contribution in [3.8, 4) is 11.4 Å². The average molecular weight is 339 g/mol. The molecule has 3 rings (SSSR count). The molecular weight excluding hydrogens is 326 g/mol. The molecule has 2 N–H and O–H groups in total. The minimum atomic E-state index is -1.34. The van der Waals surface area contributed by atoms with Gasteiger partial charge in [0, 0.05) is 18.0 Å². The van der Waals surface area contributed by atoms with Gasteiger partial charge in [0.25, 0.3) is 5.91 Å². The molecule has 1 atom stereocenters. The Labute approximate surface area is 141 Å². The lowest BCUT2D eigenvalue weighted by Gasteiger charge is -2.09. The largest absolute Gasteiger partial charge is 0.476 e. The maximum absolute atomic E-state index is 12.3. The number of amides is 1. The number of carbonyl (C=O) groups is 2. The molecule has 0 aliphatic heterocycles. The van der Waals surface area contributed by atoms with E-state index < -0.39 is 23.6 Å². The lowest BCUT2D eigenvalue weighted by molar-refractivity contribution is 0.0682. The number of benzene rings is 1. The molecule has 0 unspecified atom stereocenters. The molecule has 0 radical (unpaired) electrons. The number of carboxylic acid groups (broad SMARTS) is 1. The first-order chi connectivity index (χ1) is 12.1. The number of aromatic carboxylic acids is 1. The first-order valence-corrected chi connectivity index (χ1v) is 7.30. The fourth-order valence-corrected chi connectivity index (χ4v) is 2.10. The Morgan fingerprint density at radius 3 is 2.48 bits per heavy atom. The van der Waals surface area contributed by atoms with E-state index in [1.807, 2.05) is 30.3 Å². The van der Waals surface area contributed by atoms with Crippen molar-refractivity contribution in [3.63, 3.8) is 0 Å². The number of carboxylic acids is 1. The number of hydrogen-bond acceptors (Lipinski definition) is 7. The third kappa shape index (κ3) is 3.50. The second-order valence-corrected chi connectivity index (χ2v) is 5.08. The summed E-state index contributed by atoms with van der Waals surface area (Å²) in [5, 5.41) is 15.5.